The Hall–Kier alpha value is -3.22. The molecular formula is C23H26N4O3. The number of ether oxygens (including phenoxy) is 1. The third-order valence-corrected chi connectivity index (χ3v) is 5.60. The number of amides is 1. The molecule has 7 heteroatoms. The molecule has 156 valence electrons. The molecule has 0 spiro atoms. The summed E-state index contributed by atoms with van der Waals surface area (Å²) in [5.74, 6) is -0.592. The van der Waals surface area contributed by atoms with E-state index in [0.717, 1.165) is 35.2 Å². The number of piperidine rings is 1. The van der Waals surface area contributed by atoms with Crippen LogP contribution >= 0.6 is 0 Å². The maximum absolute atomic E-state index is 13.6. The van der Waals surface area contributed by atoms with Crippen molar-refractivity contribution in [2.24, 2.45) is 13.0 Å². The van der Waals surface area contributed by atoms with E-state index in [2.05, 4.69) is 5.10 Å². The van der Waals surface area contributed by atoms with E-state index >= 15 is 0 Å². The van der Waals surface area contributed by atoms with Crippen molar-refractivity contribution in [2.75, 3.05) is 19.7 Å². The van der Waals surface area contributed by atoms with E-state index in [9.17, 15) is 9.59 Å². The van der Waals surface area contributed by atoms with Crippen LogP contribution in [0.3, 0.4) is 0 Å². The van der Waals surface area contributed by atoms with Gasteiger partial charge in [0.2, 0.25) is 0 Å². The number of carbonyl (C=O) groups is 2. The average Bonchev–Trinajstić information content (AvgIpc) is 3.07. The molecule has 0 bridgehead atoms. The Morgan fingerprint density at radius 1 is 1.23 bits per heavy atom. The molecule has 30 heavy (non-hydrogen) atoms. The van der Waals surface area contributed by atoms with Crippen molar-refractivity contribution >= 4 is 22.9 Å². The van der Waals surface area contributed by atoms with Crippen molar-refractivity contribution < 1.29 is 14.3 Å². The van der Waals surface area contributed by atoms with Gasteiger partial charge in [-0.3, -0.25) is 14.3 Å². The topological polar surface area (TPSA) is 77.3 Å². The number of hydrogen-bond acceptors (Lipinski definition) is 5. The molecule has 0 N–H and O–H groups in total. The van der Waals surface area contributed by atoms with E-state index in [1.165, 1.54) is 0 Å². The summed E-state index contributed by atoms with van der Waals surface area (Å²) in [5, 5.41) is 5.25. The number of rotatable bonds is 4. The minimum absolute atomic E-state index is 0.0929. The molecule has 1 atom stereocenters. The number of aromatic nitrogens is 3. The van der Waals surface area contributed by atoms with Gasteiger partial charge in [0, 0.05) is 25.7 Å². The molecule has 2 aromatic heterocycles. The monoisotopic (exact) mass is 406 g/mol. The number of carbonyl (C=O) groups excluding carboxylic acids is 2. The van der Waals surface area contributed by atoms with Crippen molar-refractivity contribution in [1.82, 2.24) is 19.7 Å². The summed E-state index contributed by atoms with van der Waals surface area (Å²) < 4.78 is 6.90. The summed E-state index contributed by atoms with van der Waals surface area (Å²) in [6.45, 7) is 5.04. The summed E-state index contributed by atoms with van der Waals surface area (Å²) >= 11 is 0. The predicted molar refractivity (Wildman–Crippen MR) is 114 cm³/mol. The van der Waals surface area contributed by atoms with E-state index in [-0.39, 0.29) is 17.8 Å². The molecule has 0 aliphatic carbocycles. The van der Waals surface area contributed by atoms with Crippen LogP contribution in [0.2, 0.25) is 0 Å². The number of esters is 1. The van der Waals surface area contributed by atoms with Crippen LogP contribution < -0.4 is 0 Å². The highest BCUT2D eigenvalue weighted by Crippen LogP contribution is 2.29. The number of nitrogens with zero attached hydrogens (tertiary/aromatic N) is 4. The molecule has 1 amide bonds. The molecule has 0 radical (unpaired) electrons. The Morgan fingerprint density at radius 2 is 2.00 bits per heavy atom. The van der Waals surface area contributed by atoms with E-state index in [4.69, 9.17) is 9.72 Å². The fraction of sp³-hybridized carbons (Fsp3) is 0.391. The van der Waals surface area contributed by atoms with Crippen LogP contribution in [-0.4, -0.2) is 51.2 Å². The molecule has 7 nitrogen and oxygen atoms in total. The molecule has 4 rings (SSSR count). The van der Waals surface area contributed by atoms with E-state index in [1.54, 1.807) is 16.5 Å². The third-order valence-electron chi connectivity index (χ3n) is 5.60. The Labute approximate surface area is 175 Å². The van der Waals surface area contributed by atoms with Gasteiger partial charge < -0.3 is 9.64 Å². The first kappa shape index (κ1) is 20.1. The minimum Gasteiger partial charge on any atom is -0.466 e. The van der Waals surface area contributed by atoms with E-state index in [0.29, 0.717) is 30.9 Å². The van der Waals surface area contributed by atoms with Gasteiger partial charge in [0.05, 0.1) is 34.9 Å². The lowest BCUT2D eigenvalue weighted by molar-refractivity contribution is -0.149. The van der Waals surface area contributed by atoms with Gasteiger partial charge in [0.15, 0.2) is 5.65 Å². The van der Waals surface area contributed by atoms with Gasteiger partial charge in [-0.15, -0.1) is 0 Å². The molecule has 1 unspecified atom stereocenters. The Balaban J connectivity index is 1.75. The van der Waals surface area contributed by atoms with E-state index in [1.807, 2.05) is 50.4 Å². The van der Waals surface area contributed by atoms with Gasteiger partial charge in [-0.2, -0.15) is 5.10 Å². The first-order valence-corrected chi connectivity index (χ1v) is 10.3. The summed E-state index contributed by atoms with van der Waals surface area (Å²) in [6.07, 6.45) is 1.52. The lowest BCUT2D eigenvalue weighted by Crippen LogP contribution is -2.43. The van der Waals surface area contributed by atoms with Crippen LogP contribution in [0.25, 0.3) is 22.3 Å². The van der Waals surface area contributed by atoms with Gasteiger partial charge >= 0.3 is 5.97 Å². The SMILES string of the molecule is CCOC(=O)C1CCCN(C(=O)c2cc(-c3ccccc3)nc3c2c(C)nn3C)C1. The number of benzene rings is 1. The predicted octanol–water partition coefficient (Wildman–Crippen LogP) is 3.36. The third kappa shape index (κ3) is 3.67. The molecule has 1 aliphatic rings. The normalized spacial score (nSPS) is 16.6. The zero-order valence-corrected chi connectivity index (χ0v) is 17.6. The van der Waals surface area contributed by atoms with Gasteiger partial charge in [-0.25, -0.2) is 4.98 Å². The molecule has 1 saturated heterocycles. The van der Waals surface area contributed by atoms with Crippen LogP contribution in [0.5, 0.6) is 0 Å². The highest BCUT2D eigenvalue weighted by Gasteiger charge is 2.31. The molecule has 1 aliphatic heterocycles. The second-order valence-corrected chi connectivity index (χ2v) is 7.67. The van der Waals surface area contributed by atoms with Gasteiger partial charge in [-0.05, 0) is 32.8 Å². The van der Waals surface area contributed by atoms with Gasteiger partial charge in [0.1, 0.15) is 0 Å². The number of pyridine rings is 1. The smallest absolute Gasteiger partial charge is 0.310 e. The van der Waals surface area contributed by atoms with Crippen LogP contribution in [0.15, 0.2) is 36.4 Å². The number of aryl methyl sites for hydroxylation is 2. The zero-order valence-electron chi connectivity index (χ0n) is 17.6. The molecule has 0 saturated carbocycles. The van der Waals surface area contributed by atoms with Crippen molar-refractivity contribution in [3.63, 3.8) is 0 Å². The summed E-state index contributed by atoms with van der Waals surface area (Å²) in [7, 11) is 1.84. The molecule has 3 aromatic rings. The Bertz CT molecular complexity index is 1090. The Kier molecular flexibility index (Phi) is 5.53. The summed E-state index contributed by atoms with van der Waals surface area (Å²) in [6, 6.07) is 11.7. The van der Waals surface area contributed by atoms with Crippen LogP contribution in [0, 0.1) is 12.8 Å². The van der Waals surface area contributed by atoms with Crippen LogP contribution in [-0.2, 0) is 16.6 Å². The first-order chi connectivity index (χ1) is 14.5. The van der Waals surface area contributed by atoms with Crippen LogP contribution in [0.1, 0.15) is 35.8 Å². The second kappa shape index (κ2) is 8.26. The quantitative estimate of drug-likeness (QED) is 0.621. The largest absolute Gasteiger partial charge is 0.466 e. The van der Waals surface area contributed by atoms with Gasteiger partial charge in [0.25, 0.3) is 5.91 Å². The highest BCUT2D eigenvalue weighted by atomic mass is 16.5. The fourth-order valence-corrected chi connectivity index (χ4v) is 4.15. The van der Waals surface area contributed by atoms with Gasteiger partial charge in [-0.1, -0.05) is 30.3 Å². The minimum atomic E-state index is -0.274. The number of likely N-dealkylation sites (tertiary alicyclic amines) is 1. The maximum Gasteiger partial charge on any atom is 0.310 e. The van der Waals surface area contributed by atoms with Crippen molar-refractivity contribution in [3.05, 3.63) is 47.7 Å². The maximum atomic E-state index is 13.6. The van der Waals surface area contributed by atoms with Crippen LogP contribution in [0.4, 0.5) is 0 Å². The van der Waals surface area contributed by atoms with Crippen molar-refractivity contribution in [3.8, 4) is 11.3 Å². The first-order valence-electron chi connectivity index (χ1n) is 10.3. The lowest BCUT2D eigenvalue weighted by Gasteiger charge is -2.31. The average molecular weight is 406 g/mol. The number of fused-ring (bicyclic) bond motifs is 1. The molecule has 1 aromatic carbocycles. The number of hydrogen-bond donors (Lipinski definition) is 0. The van der Waals surface area contributed by atoms with Crippen molar-refractivity contribution in [1.29, 1.82) is 0 Å². The standard InChI is InChI=1S/C23H26N4O3/c1-4-30-23(29)17-11-8-12-27(14-17)22(28)18-13-19(16-9-6-5-7-10-16)24-21-20(18)15(2)25-26(21)3/h5-7,9-10,13,17H,4,8,11-12,14H2,1-3H3. The molecule has 3 heterocycles. The fourth-order valence-electron chi connectivity index (χ4n) is 4.15. The summed E-state index contributed by atoms with van der Waals surface area (Å²) in [4.78, 5) is 32.4. The highest BCUT2D eigenvalue weighted by molar-refractivity contribution is 6.07. The lowest BCUT2D eigenvalue weighted by atomic mass is 9.96. The zero-order chi connectivity index (χ0) is 21.3. The Morgan fingerprint density at radius 3 is 2.73 bits per heavy atom. The van der Waals surface area contributed by atoms with E-state index < -0.39 is 0 Å². The van der Waals surface area contributed by atoms with Crippen molar-refractivity contribution in [2.45, 2.75) is 26.7 Å². The second-order valence-electron chi connectivity index (χ2n) is 7.67. The molecule has 1 fully saturated rings. The molecular weight excluding hydrogens is 380 g/mol. The summed E-state index contributed by atoms with van der Waals surface area (Å²) in [5.41, 5.74) is 3.69.